The molecule has 1 heterocycles. The molecule has 4 N–H and O–H groups in total. The molecule has 0 unspecified atom stereocenters. The number of amides is 1. The van der Waals surface area contributed by atoms with Gasteiger partial charge < -0.3 is 20.1 Å². The lowest BCUT2D eigenvalue weighted by atomic mass is 10.1. The van der Waals surface area contributed by atoms with Crippen LogP contribution in [0, 0.1) is 0 Å². The Kier molecular flexibility index (Phi) is 5.99. The number of nitrogens with two attached hydrogens (primary N) is 1. The molecule has 0 saturated carbocycles. The Morgan fingerprint density at radius 1 is 1.31 bits per heavy atom. The molecule has 156 valence electrons. The Balaban J connectivity index is 1.72. The number of fused-ring (bicyclic) bond motifs is 1. The molecule has 9 heteroatoms. The molecule has 2 aromatic carbocycles. The minimum Gasteiger partial charge on any atom is -0.492 e. The van der Waals surface area contributed by atoms with Crippen LogP contribution in [-0.4, -0.2) is 33.1 Å². The van der Waals surface area contributed by atoms with Crippen LogP contribution < -0.4 is 25.2 Å². The maximum atomic E-state index is 12.6. The third-order valence-corrected chi connectivity index (χ3v) is 5.44. The molecule has 2 atom stereocenters. The number of carbonyl (C=O) groups is 1. The number of anilines is 2. The summed E-state index contributed by atoms with van der Waals surface area (Å²) in [4.78, 5) is 12.5. The minimum atomic E-state index is -3.78. The van der Waals surface area contributed by atoms with E-state index in [4.69, 9.17) is 14.6 Å². The summed E-state index contributed by atoms with van der Waals surface area (Å²) in [6, 6.07) is 8.88. The van der Waals surface area contributed by atoms with E-state index in [0.29, 0.717) is 23.7 Å². The first-order valence-corrected chi connectivity index (χ1v) is 10.9. The SMILES string of the molecule is CCOc1cc2c(cc1N[C@H](C)C(=O)Nc1ccc(S(N)(=O)=O)cc1)O[C@@H](C)C2. The Bertz CT molecular complexity index is 1010. The predicted molar refractivity (Wildman–Crippen MR) is 111 cm³/mol. The molecule has 29 heavy (non-hydrogen) atoms. The smallest absolute Gasteiger partial charge is 0.246 e. The lowest BCUT2D eigenvalue weighted by Gasteiger charge is -2.19. The van der Waals surface area contributed by atoms with Gasteiger partial charge in [0, 0.05) is 23.7 Å². The summed E-state index contributed by atoms with van der Waals surface area (Å²) in [6.07, 6.45) is 0.927. The summed E-state index contributed by atoms with van der Waals surface area (Å²) >= 11 is 0. The molecule has 0 saturated heterocycles. The van der Waals surface area contributed by atoms with Crippen LogP contribution >= 0.6 is 0 Å². The first kappa shape index (κ1) is 20.9. The van der Waals surface area contributed by atoms with Crippen LogP contribution in [0.5, 0.6) is 11.5 Å². The molecule has 0 radical (unpaired) electrons. The Morgan fingerprint density at radius 2 is 2.00 bits per heavy atom. The molecule has 3 rings (SSSR count). The van der Waals surface area contributed by atoms with Crippen molar-refractivity contribution in [2.24, 2.45) is 5.14 Å². The van der Waals surface area contributed by atoms with Crippen LogP contribution in [0.3, 0.4) is 0 Å². The molecule has 0 bridgehead atoms. The van der Waals surface area contributed by atoms with Crippen molar-refractivity contribution in [2.45, 2.75) is 44.2 Å². The standard InChI is InChI=1S/C20H25N3O5S/c1-4-27-19-10-14-9-12(2)28-18(14)11-17(19)22-13(3)20(24)23-15-5-7-16(8-6-15)29(21,25)26/h5-8,10-13,22H,4,9H2,1-3H3,(H,23,24)(H2,21,25,26)/t12-,13+/m0/s1. The molecule has 2 aromatic rings. The van der Waals surface area contributed by atoms with E-state index in [2.05, 4.69) is 10.6 Å². The fourth-order valence-corrected chi connectivity index (χ4v) is 3.62. The van der Waals surface area contributed by atoms with E-state index in [9.17, 15) is 13.2 Å². The number of nitrogens with one attached hydrogen (secondary N) is 2. The van der Waals surface area contributed by atoms with Crippen LogP contribution in [0.2, 0.25) is 0 Å². The molecule has 0 aliphatic carbocycles. The monoisotopic (exact) mass is 419 g/mol. The number of benzene rings is 2. The maximum absolute atomic E-state index is 12.6. The largest absolute Gasteiger partial charge is 0.492 e. The summed E-state index contributed by atoms with van der Waals surface area (Å²) in [6.45, 7) is 6.13. The zero-order chi connectivity index (χ0) is 21.2. The number of hydrogen-bond acceptors (Lipinski definition) is 6. The van der Waals surface area contributed by atoms with Crippen molar-refractivity contribution < 1.29 is 22.7 Å². The van der Waals surface area contributed by atoms with Crippen LogP contribution in [-0.2, 0) is 21.2 Å². The molecule has 0 spiro atoms. The van der Waals surface area contributed by atoms with Crippen LogP contribution in [0.25, 0.3) is 0 Å². The highest BCUT2D eigenvalue weighted by atomic mass is 32.2. The van der Waals surface area contributed by atoms with Gasteiger partial charge in [0.1, 0.15) is 23.6 Å². The summed E-state index contributed by atoms with van der Waals surface area (Å²) in [7, 11) is -3.78. The highest BCUT2D eigenvalue weighted by Gasteiger charge is 2.23. The van der Waals surface area contributed by atoms with E-state index in [1.807, 2.05) is 26.0 Å². The summed E-state index contributed by atoms with van der Waals surface area (Å²) in [5, 5.41) is 11.0. The van der Waals surface area contributed by atoms with E-state index in [0.717, 1.165) is 17.7 Å². The van der Waals surface area contributed by atoms with E-state index >= 15 is 0 Å². The summed E-state index contributed by atoms with van der Waals surface area (Å²) in [5.74, 6) is 1.17. The molecule has 1 aliphatic rings. The van der Waals surface area contributed by atoms with Crippen molar-refractivity contribution in [3.63, 3.8) is 0 Å². The van der Waals surface area contributed by atoms with Crippen LogP contribution in [0.15, 0.2) is 41.3 Å². The fourth-order valence-electron chi connectivity index (χ4n) is 3.10. The van der Waals surface area contributed by atoms with E-state index < -0.39 is 16.1 Å². The second-order valence-corrected chi connectivity index (χ2v) is 8.51. The van der Waals surface area contributed by atoms with Gasteiger partial charge in [0.25, 0.3) is 0 Å². The van der Waals surface area contributed by atoms with Gasteiger partial charge in [-0.2, -0.15) is 0 Å². The second kappa shape index (κ2) is 8.30. The Labute approximate surface area is 170 Å². The van der Waals surface area contributed by atoms with E-state index in [1.165, 1.54) is 24.3 Å². The van der Waals surface area contributed by atoms with Crippen molar-refractivity contribution in [1.29, 1.82) is 0 Å². The zero-order valence-electron chi connectivity index (χ0n) is 16.6. The molecule has 0 aromatic heterocycles. The number of primary sulfonamides is 1. The molecular weight excluding hydrogens is 394 g/mol. The van der Waals surface area contributed by atoms with Gasteiger partial charge in [0.05, 0.1) is 17.2 Å². The van der Waals surface area contributed by atoms with Crippen molar-refractivity contribution in [2.75, 3.05) is 17.2 Å². The average molecular weight is 420 g/mol. The first-order valence-electron chi connectivity index (χ1n) is 9.34. The van der Waals surface area contributed by atoms with E-state index in [-0.39, 0.29) is 16.9 Å². The van der Waals surface area contributed by atoms with E-state index in [1.54, 1.807) is 6.92 Å². The minimum absolute atomic E-state index is 0.0182. The van der Waals surface area contributed by atoms with Gasteiger partial charge in [-0.25, -0.2) is 13.6 Å². The molecular formula is C20H25N3O5S. The summed E-state index contributed by atoms with van der Waals surface area (Å²) < 4.78 is 34.2. The Hall–Kier alpha value is -2.78. The van der Waals surface area contributed by atoms with Gasteiger partial charge in [0.2, 0.25) is 15.9 Å². The van der Waals surface area contributed by atoms with Crippen molar-refractivity contribution >= 4 is 27.3 Å². The normalized spacial score (nSPS) is 16.5. The lowest BCUT2D eigenvalue weighted by molar-refractivity contribution is -0.116. The lowest BCUT2D eigenvalue weighted by Crippen LogP contribution is -2.32. The molecule has 0 fully saturated rings. The maximum Gasteiger partial charge on any atom is 0.246 e. The number of rotatable bonds is 7. The third-order valence-electron chi connectivity index (χ3n) is 4.51. The van der Waals surface area contributed by atoms with Crippen LogP contribution in [0.1, 0.15) is 26.3 Å². The Morgan fingerprint density at radius 3 is 2.62 bits per heavy atom. The second-order valence-electron chi connectivity index (χ2n) is 6.95. The van der Waals surface area contributed by atoms with Gasteiger partial charge >= 0.3 is 0 Å². The number of ether oxygens (including phenoxy) is 2. The van der Waals surface area contributed by atoms with Crippen molar-refractivity contribution in [1.82, 2.24) is 0 Å². The highest BCUT2D eigenvalue weighted by molar-refractivity contribution is 7.89. The van der Waals surface area contributed by atoms with Gasteiger partial charge in [-0.05, 0) is 51.1 Å². The zero-order valence-corrected chi connectivity index (χ0v) is 17.4. The molecule has 1 aliphatic heterocycles. The summed E-state index contributed by atoms with van der Waals surface area (Å²) in [5.41, 5.74) is 2.22. The topological polar surface area (TPSA) is 120 Å². The quantitative estimate of drug-likeness (QED) is 0.634. The molecule has 8 nitrogen and oxygen atoms in total. The van der Waals surface area contributed by atoms with Crippen molar-refractivity contribution in [3.05, 3.63) is 42.0 Å². The number of carbonyl (C=O) groups excluding carboxylic acids is 1. The number of hydrogen-bond donors (Lipinski definition) is 3. The number of sulfonamides is 1. The highest BCUT2D eigenvalue weighted by Crippen LogP contribution is 2.38. The first-order chi connectivity index (χ1) is 13.7. The third kappa shape index (κ3) is 4.99. The predicted octanol–water partition coefficient (Wildman–Crippen LogP) is 2.50. The van der Waals surface area contributed by atoms with Gasteiger partial charge in [-0.15, -0.1) is 0 Å². The van der Waals surface area contributed by atoms with Gasteiger partial charge in [-0.3, -0.25) is 4.79 Å². The molecule has 1 amide bonds. The van der Waals surface area contributed by atoms with Crippen molar-refractivity contribution in [3.8, 4) is 11.5 Å². The average Bonchev–Trinajstić information content (AvgIpc) is 3.00. The van der Waals surface area contributed by atoms with Gasteiger partial charge in [-0.1, -0.05) is 0 Å². The van der Waals surface area contributed by atoms with Crippen LogP contribution in [0.4, 0.5) is 11.4 Å². The van der Waals surface area contributed by atoms with Gasteiger partial charge in [0.15, 0.2) is 0 Å². The fraction of sp³-hybridized carbons (Fsp3) is 0.350.